The molecule has 0 radical (unpaired) electrons. The number of halogens is 1. The summed E-state index contributed by atoms with van der Waals surface area (Å²) < 4.78 is 5.61. The van der Waals surface area contributed by atoms with E-state index in [1.54, 1.807) is 0 Å². The molecule has 1 aliphatic heterocycles. The van der Waals surface area contributed by atoms with E-state index in [9.17, 15) is 0 Å². The Hall–Kier alpha value is -0.820. The highest BCUT2D eigenvalue weighted by Crippen LogP contribution is 2.36. The normalized spacial score (nSPS) is 17.3. The van der Waals surface area contributed by atoms with Crippen LogP contribution in [0.1, 0.15) is 37.3 Å². The Morgan fingerprint density at radius 3 is 2.52 bits per heavy atom. The van der Waals surface area contributed by atoms with E-state index in [4.69, 9.17) is 4.74 Å². The molecule has 0 amide bonds. The van der Waals surface area contributed by atoms with Gasteiger partial charge in [-0.15, -0.1) is 24.0 Å². The van der Waals surface area contributed by atoms with Gasteiger partial charge < -0.3 is 15.4 Å². The minimum absolute atomic E-state index is 0. The zero-order valence-corrected chi connectivity index (χ0v) is 16.9. The molecule has 1 aliphatic rings. The predicted molar refractivity (Wildman–Crippen MR) is 108 cm³/mol. The summed E-state index contributed by atoms with van der Waals surface area (Å²) in [6.07, 6.45) is 3.20. The van der Waals surface area contributed by atoms with Crippen LogP contribution in [-0.4, -0.2) is 39.3 Å². The molecule has 2 N–H and O–H groups in total. The Morgan fingerprint density at radius 1 is 1.22 bits per heavy atom. The molecule has 1 fully saturated rings. The van der Waals surface area contributed by atoms with Crippen LogP contribution >= 0.6 is 24.0 Å². The quantitative estimate of drug-likeness (QED) is 0.428. The second-order valence-electron chi connectivity index (χ2n) is 6.06. The van der Waals surface area contributed by atoms with Crippen LogP contribution in [0.2, 0.25) is 0 Å². The van der Waals surface area contributed by atoms with Crippen molar-refractivity contribution in [3.63, 3.8) is 0 Å². The van der Waals surface area contributed by atoms with Gasteiger partial charge >= 0.3 is 0 Å². The largest absolute Gasteiger partial charge is 0.381 e. The van der Waals surface area contributed by atoms with Gasteiger partial charge in [0.25, 0.3) is 0 Å². The Balaban J connectivity index is 0.00000264. The van der Waals surface area contributed by atoms with Crippen LogP contribution in [0.3, 0.4) is 0 Å². The van der Waals surface area contributed by atoms with Gasteiger partial charge in [-0.25, -0.2) is 0 Å². The molecular weight excluding hydrogens is 401 g/mol. The molecule has 0 bridgehead atoms. The summed E-state index contributed by atoms with van der Waals surface area (Å²) in [6, 6.07) is 8.73. The third-order valence-electron chi connectivity index (χ3n) is 4.53. The molecule has 1 aromatic carbocycles. The number of hydrogen-bond acceptors (Lipinski definition) is 2. The average molecular weight is 431 g/mol. The SMILES string of the molecule is CCCNC(=NC)NCC1(c2ccccc2C)CCOCC1.I. The zero-order chi connectivity index (χ0) is 15.8. The fraction of sp³-hybridized carbons (Fsp3) is 0.611. The number of aliphatic imine (C=N–C) groups is 1. The fourth-order valence-corrected chi connectivity index (χ4v) is 3.19. The predicted octanol–water partition coefficient (Wildman–Crippen LogP) is 3.24. The fourth-order valence-electron chi connectivity index (χ4n) is 3.19. The number of nitrogens with zero attached hydrogens (tertiary/aromatic N) is 1. The second-order valence-corrected chi connectivity index (χ2v) is 6.06. The molecular formula is C18H30IN3O. The summed E-state index contributed by atoms with van der Waals surface area (Å²) in [5.41, 5.74) is 2.94. The van der Waals surface area contributed by atoms with Gasteiger partial charge in [0.2, 0.25) is 0 Å². The molecule has 0 saturated carbocycles. The Labute approximate surface area is 157 Å². The third-order valence-corrected chi connectivity index (χ3v) is 4.53. The van der Waals surface area contributed by atoms with Crippen molar-refractivity contribution in [2.75, 3.05) is 33.4 Å². The lowest BCUT2D eigenvalue weighted by Gasteiger charge is -2.39. The first-order valence-electron chi connectivity index (χ1n) is 8.30. The molecule has 0 spiro atoms. The van der Waals surface area contributed by atoms with Crippen molar-refractivity contribution in [2.45, 2.75) is 38.5 Å². The third kappa shape index (κ3) is 5.35. The highest BCUT2D eigenvalue weighted by molar-refractivity contribution is 14.0. The molecule has 0 aliphatic carbocycles. The standard InChI is InChI=1S/C18H29N3O.HI/c1-4-11-20-17(19-3)21-14-18(9-12-22-13-10-18)16-8-6-5-7-15(16)2;/h5-8H,4,9-14H2,1-3H3,(H2,19,20,21);1H. The number of guanidine groups is 1. The smallest absolute Gasteiger partial charge is 0.191 e. The summed E-state index contributed by atoms with van der Waals surface area (Å²) in [7, 11) is 1.83. The molecule has 0 aromatic heterocycles. The van der Waals surface area contributed by atoms with Crippen molar-refractivity contribution in [3.8, 4) is 0 Å². The Kier molecular flexibility index (Phi) is 8.91. The van der Waals surface area contributed by atoms with E-state index in [0.29, 0.717) is 0 Å². The van der Waals surface area contributed by atoms with E-state index >= 15 is 0 Å². The maximum absolute atomic E-state index is 5.61. The molecule has 23 heavy (non-hydrogen) atoms. The first kappa shape index (κ1) is 20.2. The maximum atomic E-state index is 5.61. The molecule has 0 atom stereocenters. The minimum atomic E-state index is 0. The van der Waals surface area contributed by atoms with Crippen molar-refractivity contribution < 1.29 is 4.74 Å². The van der Waals surface area contributed by atoms with Crippen LogP contribution in [0, 0.1) is 6.92 Å². The molecule has 1 saturated heterocycles. The summed E-state index contributed by atoms with van der Waals surface area (Å²) in [5, 5.41) is 6.87. The summed E-state index contributed by atoms with van der Waals surface area (Å²) >= 11 is 0. The van der Waals surface area contributed by atoms with Crippen molar-refractivity contribution in [3.05, 3.63) is 35.4 Å². The number of hydrogen-bond donors (Lipinski definition) is 2. The lowest BCUT2D eigenvalue weighted by Crippen LogP contribution is -2.48. The van der Waals surface area contributed by atoms with Gasteiger partial charge in [-0.3, -0.25) is 4.99 Å². The van der Waals surface area contributed by atoms with Crippen molar-refractivity contribution in [1.29, 1.82) is 0 Å². The van der Waals surface area contributed by atoms with Crippen LogP contribution in [0.25, 0.3) is 0 Å². The second kappa shape index (κ2) is 10.1. The van der Waals surface area contributed by atoms with Gasteiger partial charge in [-0.05, 0) is 37.3 Å². The van der Waals surface area contributed by atoms with Crippen LogP contribution in [0.15, 0.2) is 29.3 Å². The number of nitrogens with one attached hydrogen (secondary N) is 2. The lowest BCUT2D eigenvalue weighted by molar-refractivity contribution is 0.0512. The average Bonchev–Trinajstić information content (AvgIpc) is 2.56. The van der Waals surface area contributed by atoms with Crippen LogP contribution in [0.4, 0.5) is 0 Å². The van der Waals surface area contributed by atoms with E-state index in [1.807, 2.05) is 7.05 Å². The van der Waals surface area contributed by atoms with Crippen LogP contribution in [-0.2, 0) is 10.2 Å². The van der Waals surface area contributed by atoms with E-state index in [2.05, 4.69) is 53.7 Å². The van der Waals surface area contributed by atoms with Gasteiger partial charge in [-0.1, -0.05) is 31.2 Å². The van der Waals surface area contributed by atoms with E-state index in [1.165, 1.54) is 11.1 Å². The van der Waals surface area contributed by atoms with E-state index in [0.717, 1.165) is 51.5 Å². The van der Waals surface area contributed by atoms with Crippen molar-refractivity contribution >= 4 is 29.9 Å². The summed E-state index contributed by atoms with van der Waals surface area (Å²) in [4.78, 5) is 4.32. The monoisotopic (exact) mass is 431 g/mol. The number of benzene rings is 1. The summed E-state index contributed by atoms with van der Waals surface area (Å²) in [5.74, 6) is 0.890. The molecule has 4 nitrogen and oxygen atoms in total. The van der Waals surface area contributed by atoms with Gasteiger partial charge in [-0.2, -0.15) is 0 Å². The van der Waals surface area contributed by atoms with Gasteiger partial charge in [0.05, 0.1) is 0 Å². The molecule has 0 unspecified atom stereocenters. The topological polar surface area (TPSA) is 45.7 Å². The van der Waals surface area contributed by atoms with E-state index in [-0.39, 0.29) is 29.4 Å². The van der Waals surface area contributed by atoms with Crippen molar-refractivity contribution in [1.82, 2.24) is 10.6 Å². The lowest BCUT2D eigenvalue weighted by atomic mass is 9.72. The van der Waals surface area contributed by atoms with Crippen LogP contribution < -0.4 is 10.6 Å². The van der Waals surface area contributed by atoms with Gasteiger partial charge in [0.1, 0.15) is 0 Å². The van der Waals surface area contributed by atoms with Gasteiger partial charge in [0, 0.05) is 38.8 Å². The molecule has 2 rings (SSSR count). The maximum Gasteiger partial charge on any atom is 0.191 e. The van der Waals surface area contributed by atoms with Crippen LogP contribution in [0.5, 0.6) is 0 Å². The first-order chi connectivity index (χ1) is 10.7. The first-order valence-corrected chi connectivity index (χ1v) is 8.30. The number of rotatable bonds is 5. The minimum Gasteiger partial charge on any atom is -0.381 e. The molecule has 5 heteroatoms. The van der Waals surface area contributed by atoms with E-state index < -0.39 is 0 Å². The number of ether oxygens (including phenoxy) is 1. The highest BCUT2D eigenvalue weighted by Gasteiger charge is 2.35. The summed E-state index contributed by atoms with van der Waals surface area (Å²) in [6.45, 7) is 7.86. The Bertz CT molecular complexity index is 499. The number of aryl methyl sites for hydroxylation is 1. The zero-order valence-electron chi connectivity index (χ0n) is 14.5. The van der Waals surface area contributed by atoms with Crippen molar-refractivity contribution in [2.24, 2.45) is 4.99 Å². The molecule has 1 heterocycles. The highest BCUT2D eigenvalue weighted by atomic mass is 127. The Morgan fingerprint density at radius 2 is 1.91 bits per heavy atom. The van der Waals surface area contributed by atoms with Gasteiger partial charge in [0.15, 0.2) is 5.96 Å². The molecule has 1 aromatic rings. The molecule has 130 valence electrons.